The van der Waals surface area contributed by atoms with E-state index in [0.717, 1.165) is 79.9 Å². The van der Waals surface area contributed by atoms with Crippen LogP contribution in [0.4, 0.5) is 0 Å². The van der Waals surface area contributed by atoms with E-state index in [9.17, 15) is 40.2 Å². The Morgan fingerprint density at radius 1 is 0.877 bits per heavy atom. The highest BCUT2D eigenvalue weighted by atomic mass is 32.2. The summed E-state index contributed by atoms with van der Waals surface area (Å²) < 4.78 is 23.5. The third kappa shape index (κ3) is 12.7. The molecular weight excluding hydrogens is 975 g/mol. The number of ether oxygens (including phenoxy) is 4. The van der Waals surface area contributed by atoms with Crippen LogP contribution in [0.3, 0.4) is 0 Å². The summed E-state index contributed by atoms with van der Waals surface area (Å²) in [5.74, 6) is 1.33. The minimum Gasteiger partial charge on any atom is -0.465 e. The first kappa shape index (κ1) is 56.9. The van der Waals surface area contributed by atoms with Gasteiger partial charge in [0.1, 0.15) is 29.9 Å². The Morgan fingerprint density at radius 3 is 2.32 bits per heavy atom. The number of thioether (sulfide) groups is 2. The van der Waals surface area contributed by atoms with Crippen molar-refractivity contribution in [3.63, 3.8) is 0 Å². The highest BCUT2D eigenvalue weighted by Crippen LogP contribution is 2.44. The molecular formula is C54H77N5O12S2. The molecule has 2 saturated heterocycles. The van der Waals surface area contributed by atoms with Crippen molar-refractivity contribution in [1.29, 1.82) is 0 Å². The number of nitrogens with one attached hydrogen (secondary N) is 2. The maximum absolute atomic E-state index is 13.8. The third-order valence-electron chi connectivity index (χ3n) is 15.1. The molecule has 17 nitrogen and oxygen atoms in total. The van der Waals surface area contributed by atoms with Gasteiger partial charge in [-0.15, -0.1) is 11.8 Å². The van der Waals surface area contributed by atoms with Gasteiger partial charge in [-0.1, -0.05) is 13.8 Å². The number of hydrogen-bond donors (Lipinski definition) is 8. The number of aryl methyl sites for hydroxylation is 3. The quantitative estimate of drug-likeness (QED) is 0.0473. The molecule has 73 heavy (non-hydrogen) atoms. The Labute approximate surface area is 436 Å². The molecule has 19 heteroatoms. The maximum atomic E-state index is 13.8. The van der Waals surface area contributed by atoms with E-state index in [2.05, 4.69) is 49.8 Å². The number of aromatic nitrogens is 4. The number of methoxy groups -OCH3 is 1. The van der Waals surface area contributed by atoms with Crippen LogP contribution in [0.15, 0.2) is 18.2 Å². The van der Waals surface area contributed by atoms with E-state index in [1.165, 1.54) is 18.9 Å². The van der Waals surface area contributed by atoms with Gasteiger partial charge in [0.15, 0.2) is 0 Å². The molecule has 2 fully saturated rings. The average Bonchev–Trinajstić information content (AvgIpc) is 4.07. The normalized spacial score (nSPS) is 25.8. The molecule has 3 aromatic rings. The predicted octanol–water partition coefficient (Wildman–Crippen LogP) is 6.06. The molecule has 11 atom stereocenters. The van der Waals surface area contributed by atoms with Gasteiger partial charge in [-0.25, -0.2) is 9.78 Å². The van der Waals surface area contributed by atoms with Gasteiger partial charge in [0.05, 0.1) is 61.7 Å². The number of amides is 1. The molecule has 0 spiro atoms. The average molecular weight is 1050 g/mol. The Kier molecular flexibility index (Phi) is 19.7. The van der Waals surface area contributed by atoms with Crippen LogP contribution >= 0.6 is 23.5 Å². The van der Waals surface area contributed by atoms with Gasteiger partial charge in [-0.3, -0.25) is 9.78 Å². The summed E-state index contributed by atoms with van der Waals surface area (Å²) in [7, 11) is 3.22. The van der Waals surface area contributed by atoms with Gasteiger partial charge in [0, 0.05) is 96.1 Å². The van der Waals surface area contributed by atoms with Crippen LogP contribution in [0.1, 0.15) is 135 Å². The number of allylic oxidation sites excluding steroid dienone is 1. The van der Waals surface area contributed by atoms with Gasteiger partial charge in [0.25, 0.3) is 0 Å². The van der Waals surface area contributed by atoms with E-state index < -0.39 is 48.5 Å². The molecule has 1 amide bonds. The molecule has 0 aliphatic carbocycles. The standard InChI is InChI=1S/C54H77N5O12S2/c1-10-36-27(2)38-23-43-46(32(7)69-16-12-18-73-54-52(66)51(65)50(64)44(25-61)71-54)29(4)40(56-43)21-39-28(3)37(13-14-45(63)59(8)15-11-17-72-26-35-20-33(62)19-34(24-60)70-35)48(57-39)31(6)49-47(53(67)68-9)30(5)41(58-49)22-42(36)55-38/h21-23,28,32-35,37,44,50-52,54-56,60-62,64-66H,10-20,24-26H2,1-9H3/t28-,32?,33-,34-,35+,37?,44+,50+,51-,52+,54-/m0/s1. The highest BCUT2D eigenvalue weighted by Gasteiger charge is 2.43. The van der Waals surface area contributed by atoms with Crippen LogP contribution in [0.25, 0.3) is 33.2 Å². The Bertz CT molecular complexity index is 2640. The summed E-state index contributed by atoms with van der Waals surface area (Å²) in [6.07, 6.45) is -2.40. The van der Waals surface area contributed by atoms with Gasteiger partial charge in [-0.2, -0.15) is 11.8 Å². The maximum Gasteiger partial charge on any atom is 0.340 e. The fraction of sp³-hybridized carbons (Fsp3) is 0.630. The predicted molar refractivity (Wildman–Crippen MR) is 285 cm³/mol. The molecule has 4 aliphatic heterocycles. The van der Waals surface area contributed by atoms with Gasteiger partial charge in [-0.05, 0) is 118 Å². The van der Waals surface area contributed by atoms with Crippen LogP contribution < -0.4 is 0 Å². The zero-order valence-corrected chi connectivity index (χ0v) is 45.4. The number of hydrogen-bond acceptors (Lipinski definition) is 16. The fourth-order valence-electron chi connectivity index (χ4n) is 10.7. The molecule has 7 heterocycles. The van der Waals surface area contributed by atoms with Crippen molar-refractivity contribution >= 4 is 68.6 Å². The molecule has 0 saturated carbocycles. The minimum absolute atomic E-state index is 0.0302. The summed E-state index contributed by atoms with van der Waals surface area (Å²) in [6, 6.07) is 6.21. The molecule has 4 aliphatic rings. The summed E-state index contributed by atoms with van der Waals surface area (Å²) >= 11 is 3.03. The van der Waals surface area contributed by atoms with Gasteiger partial charge < -0.3 is 64.5 Å². The lowest BCUT2D eigenvalue weighted by Crippen LogP contribution is -2.57. The summed E-state index contributed by atoms with van der Waals surface area (Å²) in [6.45, 7) is 14.7. The third-order valence-corrected chi connectivity index (χ3v) is 17.5. The molecule has 402 valence electrons. The smallest absolute Gasteiger partial charge is 0.340 e. The van der Waals surface area contributed by atoms with Crippen LogP contribution in [0.5, 0.6) is 0 Å². The molecule has 2 unspecified atom stereocenters. The number of aliphatic hydroxyl groups excluding tert-OH is 6. The first-order valence-corrected chi connectivity index (χ1v) is 27.9. The zero-order chi connectivity index (χ0) is 52.8. The Balaban J connectivity index is 1.18. The summed E-state index contributed by atoms with van der Waals surface area (Å²) in [5.41, 5.74) is 11.5. The van der Waals surface area contributed by atoms with Crippen molar-refractivity contribution in [2.45, 2.75) is 160 Å². The van der Waals surface area contributed by atoms with E-state index >= 15 is 0 Å². The van der Waals surface area contributed by atoms with E-state index in [1.807, 2.05) is 33.9 Å². The van der Waals surface area contributed by atoms with E-state index in [1.54, 1.807) is 16.7 Å². The molecule has 0 aromatic carbocycles. The molecule has 7 rings (SSSR count). The van der Waals surface area contributed by atoms with Gasteiger partial charge in [0.2, 0.25) is 5.91 Å². The van der Waals surface area contributed by atoms with E-state index in [-0.39, 0.29) is 42.7 Å². The second-order valence-corrected chi connectivity index (χ2v) is 22.4. The monoisotopic (exact) mass is 1050 g/mol. The SMILES string of the molecule is CCc1c(C)c2cc3[nH]c(cc4nc(c(C)c5nc(cc1[nH]2)C(C)=C5C(=O)OC)C(CCC(=O)N(C)CCCSC[C@H]1C[C@@H](O)C[C@@H](CO)O1)[C@@H]4C)c(C)c3C(C)OCCCS[C@@H]1O[C@H](CO)[C@@H](O)[C@H](O)[C@H]1O. The van der Waals surface area contributed by atoms with Crippen LogP contribution in [0.2, 0.25) is 0 Å². The number of nitrogens with zero attached hydrogens (tertiary/aromatic N) is 3. The lowest BCUT2D eigenvalue weighted by atomic mass is 9.85. The summed E-state index contributed by atoms with van der Waals surface area (Å²) in [4.78, 5) is 47.2. The number of aliphatic hydroxyl groups is 6. The minimum atomic E-state index is -1.43. The molecule has 8 bridgehead atoms. The van der Waals surface area contributed by atoms with Crippen LogP contribution in [0, 0.1) is 20.8 Å². The Hall–Kier alpha value is -3.86. The zero-order valence-electron chi connectivity index (χ0n) is 43.8. The number of H-pyrrole nitrogens is 2. The lowest BCUT2D eigenvalue weighted by Gasteiger charge is -2.39. The van der Waals surface area contributed by atoms with E-state index in [0.29, 0.717) is 79.3 Å². The lowest BCUT2D eigenvalue weighted by molar-refractivity contribution is -0.205. The number of carbonyl (C=O) groups is 2. The first-order valence-electron chi connectivity index (χ1n) is 25.7. The Morgan fingerprint density at radius 2 is 1.60 bits per heavy atom. The number of rotatable bonds is 20. The van der Waals surface area contributed by atoms with E-state index in [4.69, 9.17) is 28.9 Å². The molecule has 3 aromatic heterocycles. The van der Waals surface area contributed by atoms with Crippen molar-refractivity contribution in [3.05, 3.63) is 68.8 Å². The van der Waals surface area contributed by atoms with Crippen LogP contribution in [-0.4, -0.2) is 173 Å². The number of carbonyl (C=O) groups excluding carboxylic acids is 2. The second kappa shape index (κ2) is 25.3. The van der Waals surface area contributed by atoms with Crippen molar-refractivity contribution in [2.24, 2.45) is 0 Å². The first-order chi connectivity index (χ1) is 34.9. The second-order valence-electron chi connectivity index (χ2n) is 20.0. The highest BCUT2D eigenvalue weighted by molar-refractivity contribution is 7.99. The van der Waals surface area contributed by atoms with Crippen molar-refractivity contribution in [2.75, 3.05) is 57.8 Å². The largest absolute Gasteiger partial charge is 0.465 e. The number of aromatic amines is 2. The van der Waals surface area contributed by atoms with Crippen molar-refractivity contribution in [1.82, 2.24) is 24.8 Å². The number of esters is 1. The fourth-order valence-corrected chi connectivity index (χ4v) is 12.8. The van der Waals surface area contributed by atoms with Gasteiger partial charge >= 0.3 is 5.97 Å². The molecule has 0 radical (unpaired) electrons. The van der Waals surface area contributed by atoms with Crippen LogP contribution in [-0.2, 0) is 35.0 Å². The van der Waals surface area contributed by atoms with Crippen molar-refractivity contribution < 1.29 is 59.2 Å². The summed E-state index contributed by atoms with van der Waals surface area (Å²) in [5, 5.41) is 60.4. The molecule has 8 N–H and O–H groups in total. The topological polar surface area (TPSA) is 253 Å². The number of fused-ring (bicyclic) bond motifs is 8. The van der Waals surface area contributed by atoms with Crippen molar-refractivity contribution in [3.8, 4) is 0 Å².